The van der Waals surface area contributed by atoms with E-state index in [0.717, 1.165) is 0 Å². The summed E-state index contributed by atoms with van der Waals surface area (Å²) >= 11 is 0. The molecule has 0 spiro atoms. The molecule has 2 rings (SSSR count). The molecule has 3 N–H and O–H groups in total. The molecule has 14 heavy (non-hydrogen) atoms. The molecule has 2 heterocycles. The second-order valence-corrected chi connectivity index (χ2v) is 2.82. The van der Waals surface area contributed by atoms with E-state index in [9.17, 15) is 0 Å². The van der Waals surface area contributed by atoms with E-state index < -0.39 is 0 Å². The third kappa shape index (κ3) is 1.32. The van der Waals surface area contributed by atoms with Gasteiger partial charge in [0.05, 0.1) is 6.21 Å². The summed E-state index contributed by atoms with van der Waals surface area (Å²) in [5, 5.41) is 3.91. The normalized spacial score (nSPS) is 24.3. The van der Waals surface area contributed by atoms with E-state index in [4.69, 9.17) is 10.4 Å². The lowest BCUT2D eigenvalue weighted by Crippen LogP contribution is -2.47. The molecule has 0 bridgehead atoms. The van der Waals surface area contributed by atoms with Crippen LogP contribution in [0.4, 0.5) is 0 Å². The van der Waals surface area contributed by atoms with Crippen molar-refractivity contribution in [3.63, 3.8) is 0 Å². The Morgan fingerprint density at radius 2 is 2.71 bits per heavy atom. The van der Waals surface area contributed by atoms with Crippen molar-refractivity contribution in [3.8, 4) is 0 Å². The van der Waals surface area contributed by atoms with Gasteiger partial charge in [0, 0.05) is 6.20 Å². The number of nitrogens with zero attached hydrogens (tertiary/aromatic N) is 3. The van der Waals surface area contributed by atoms with Crippen molar-refractivity contribution in [2.75, 3.05) is 0 Å². The lowest BCUT2D eigenvalue weighted by atomic mass is 9.93. The van der Waals surface area contributed by atoms with E-state index in [1.807, 2.05) is 4.90 Å². The molecule has 0 aromatic carbocycles. The predicted octanol–water partition coefficient (Wildman–Crippen LogP) is -1.16. The molecule has 0 aromatic heterocycles. The Hall–Kier alpha value is -1.92. The molecule has 0 amide bonds. The van der Waals surface area contributed by atoms with Crippen molar-refractivity contribution >= 4 is 20.0 Å². The Morgan fingerprint density at radius 1 is 1.86 bits per heavy atom. The third-order valence-electron chi connectivity index (χ3n) is 1.97. The largest absolute Gasteiger partial charge is 0.547 e. The SMILES string of the molecule is C=C/N=C\C1=C(N)OB[C@@H]2NN=CN12. The van der Waals surface area contributed by atoms with Crippen LogP contribution >= 0.6 is 0 Å². The molecule has 7 heteroatoms. The van der Waals surface area contributed by atoms with Gasteiger partial charge in [0.2, 0.25) is 0 Å². The average molecular weight is 191 g/mol. The standard InChI is InChI=1S/C7H10BN5O/c1-2-10-3-5-6(9)14-8-7-12-11-4-13(5)7/h2-4,7-8,12H,1,9H2/b10-3-/t7-/m1/s1. The van der Waals surface area contributed by atoms with Gasteiger partial charge in [-0.25, -0.2) is 0 Å². The third-order valence-corrected chi connectivity index (χ3v) is 1.97. The lowest BCUT2D eigenvalue weighted by molar-refractivity contribution is 0.331. The number of allylic oxidation sites excluding steroid dienone is 1. The summed E-state index contributed by atoms with van der Waals surface area (Å²) in [7, 11) is 0.470. The molecular weight excluding hydrogens is 181 g/mol. The molecule has 2 aliphatic rings. The molecule has 0 unspecified atom stereocenters. The highest BCUT2D eigenvalue weighted by atomic mass is 16.4. The first kappa shape index (κ1) is 8.67. The topological polar surface area (TPSA) is 75.2 Å². The van der Waals surface area contributed by atoms with Crippen LogP contribution in [-0.4, -0.2) is 31.0 Å². The van der Waals surface area contributed by atoms with Crippen LogP contribution in [0, 0.1) is 0 Å². The van der Waals surface area contributed by atoms with Gasteiger partial charge >= 0.3 is 7.48 Å². The van der Waals surface area contributed by atoms with E-state index in [0.29, 0.717) is 19.1 Å². The lowest BCUT2D eigenvalue weighted by Gasteiger charge is -2.29. The summed E-state index contributed by atoms with van der Waals surface area (Å²) in [5.74, 6) is 0.349. The van der Waals surface area contributed by atoms with Gasteiger partial charge in [0.25, 0.3) is 0 Å². The minimum absolute atomic E-state index is 0.00793. The van der Waals surface area contributed by atoms with Gasteiger partial charge in [-0.05, 0) is 0 Å². The summed E-state index contributed by atoms with van der Waals surface area (Å²) in [6, 6.07) is 0.00793. The Morgan fingerprint density at radius 3 is 3.50 bits per heavy atom. The number of rotatable bonds is 2. The highest BCUT2D eigenvalue weighted by Gasteiger charge is 2.31. The van der Waals surface area contributed by atoms with Crippen molar-refractivity contribution in [2.24, 2.45) is 15.8 Å². The van der Waals surface area contributed by atoms with Crippen LogP contribution in [0.5, 0.6) is 0 Å². The zero-order chi connectivity index (χ0) is 9.97. The zero-order valence-corrected chi connectivity index (χ0v) is 7.55. The fourth-order valence-electron chi connectivity index (χ4n) is 1.30. The number of nitrogens with two attached hydrogens (primary N) is 1. The van der Waals surface area contributed by atoms with Crippen molar-refractivity contribution in [2.45, 2.75) is 6.07 Å². The molecular formula is C7H10BN5O. The second-order valence-electron chi connectivity index (χ2n) is 2.82. The Balaban J connectivity index is 2.27. The average Bonchev–Trinajstić information content (AvgIpc) is 2.64. The first-order valence-electron chi connectivity index (χ1n) is 4.16. The van der Waals surface area contributed by atoms with Gasteiger partial charge in [0.15, 0.2) is 5.88 Å². The van der Waals surface area contributed by atoms with Gasteiger partial charge in [0.1, 0.15) is 18.1 Å². The fourth-order valence-corrected chi connectivity index (χ4v) is 1.30. The summed E-state index contributed by atoms with van der Waals surface area (Å²) < 4.78 is 5.25. The zero-order valence-electron chi connectivity index (χ0n) is 7.55. The van der Waals surface area contributed by atoms with Crippen molar-refractivity contribution < 1.29 is 4.65 Å². The van der Waals surface area contributed by atoms with Crippen molar-refractivity contribution in [1.82, 2.24) is 10.3 Å². The smallest absolute Gasteiger partial charge is 0.387 e. The van der Waals surface area contributed by atoms with E-state index in [1.54, 1.807) is 12.6 Å². The Bertz CT molecular complexity index is 337. The van der Waals surface area contributed by atoms with E-state index in [-0.39, 0.29) is 6.07 Å². The highest BCUT2D eigenvalue weighted by molar-refractivity contribution is 6.31. The molecule has 72 valence electrons. The van der Waals surface area contributed by atoms with Crippen LogP contribution in [0.3, 0.4) is 0 Å². The van der Waals surface area contributed by atoms with Gasteiger partial charge in [-0.3, -0.25) is 10.4 Å². The first-order chi connectivity index (χ1) is 6.83. The molecule has 6 nitrogen and oxygen atoms in total. The maximum atomic E-state index is 5.68. The van der Waals surface area contributed by atoms with Gasteiger partial charge in [-0.15, -0.1) is 0 Å². The van der Waals surface area contributed by atoms with Crippen LogP contribution in [0.15, 0.2) is 34.5 Å². The summed E-state index contributed by atoms with van der Waals surface area (Å²) in [6.45, 7) is 3.49. The predicted molar refractivity (Wildman–Crippen MR) is 55.4 cm³/mol. The number of hydrazone groups is 1. The second kappa shape index (κ2) is 3.45. The van der Waals surface area contributed by atoms with Crippen LogP contribution in [0.25, 0.3) is 0 Å². The molecule has 0 aromatic rings. The van der Waals surface area contributed by atoms with E-state index in [1.165, 1.54) is 6.20 Å². The first-order valence-corrected chi connectivity index (χ1v) is 4.16. The highest BCUT2D eigenvalue weighted by Crippen LogP contribution is 2.15. The molecule has 1 atom stereocenters. The Labute approximate surface area is 82.1 Å². The number of fused-ring (bicyclic) bond motifs is 1. The van der Waals surface area contributed by atoms with E-state index in [2.05, 4.69) is 22.1 Å². The maximum Gasteiger partial charge on any atom is 0.387 e. The Kier molecular flexibility index (Phi) is 2.14. The number of aliphatic imine (C=N–C) groups is 1. The number of nitrogens with one attached hydrogen (secondary N) is 1. The summed E-state index contributed by atoms with van der Waals surface area (Å²) in [5.41, 5.74) is 9.24. The fraction of sp³-hybridized carbons (Fsp3) is 0.143. The molecule has 0 fully saturated rings. The van der Waals surface area contributed by atoms with E-state index >= 15 is 0 Å². The summed E-state index contributed by atoms with van der Waals surface area (Å²) in [4.78, 5) is 5.76. The molecule has 0 saturated carbocycles. The van der Waals surface area contributed by atoms with Gasteiger partial charge in [-0.1, -0.05) is 6.58 Å². The van der Waals surface area contributed by atoms with Crippen molar-refractivity contribution in [1.29, 1.82) is 0 Å². The van der Waals surface area contributed by atoms with Crippen LogP contribution in [0.1, 0.15) is 0 Å². The van der Waals surface area contributed by atoms with Gasteiger partial charge < -0.3 is 15.3 Å². The van der Waals surface area contributed by atoms with Gasteiger partial charge in [-0.2, -0.15) is 5.10 Å². The molecule has 0 aliphatic carbocycles. The van der Waals surface area contributed by atoms with Crippen LogP contribution < -0.4 is 11.2 Å². The van der Waals surface area contributed by atoms with Crippen LogP contribution in [-0.2, 0) is 4.65 Å². The minimum Gasteiger partial charge on any atom is -0.547 e. The van der Waals surface area contributed by atoms with Crippen molar-refractivity contribution in [3.05, 3.63) is 24.4 Å². The van der Waals surface area contributed by atoms with Crippen LogP contribution in [0.2, 0.25) is 0 Å². The maximum absolute atomic E-state index is 5.68. The molecule has 0 radical (unpaired) electrons. The minimum atomic E-state index is 0.00793. The number of hydrogen-bond acceptors (Lipinski definition) is 6. The number of hydrogen-bond donors (Lipinski definition) is 2. The monoisotopic (exact) mass is 191 g/mol. The summed E-state index contributed by atoms with van der Waals surface area (Å²) in [6.07, 6.45) is 4.68. The molecule has 2 aliphatic heterocycles. The quantitative estimate of drug-likeness (QED) is 0.426. The molecule has 0 saturated heterocycles.